The van der Waals surface area contributed by atoms with Crippen molar-refractivity contribution in [3.63, 3.8) is 0 Å². The SMILES string of the molecule is C=NN(/C=C\C=C\C)C(C)C. The van der Waals surface area contributed by atoms with E-state index in [9.17, 15) is 0 Å². The highest BCUT2D eigenvalue weighted by molar-refractivity contribution is 5.23. The molecule has 0 spiro atoms. The van der Waals surface area contributed by atoms with Gasteiger partial charge in [-0.2, -0.15) is 5.10 Å². The molecule has 0 aliphatic rings. The summed E-state index contributed by atoms with van der Waals surface area (Å²) in [5.41, 5.74) is 0. The lowest BCUT2D eigenvalue weighted by molar-refractivity contribution is 0.330. The summed E-state index contributed by atoms with van der Waals surface area (Å²) >= 11 is 0. The molecule has 2 nitrogen and oxygen atoms in total. The van der Waals surface area contributed by atoms with Gasteiger partial charge in [0.1, 0.15) is 0 Å². The van der Waals surface area contributed by atoms with E-state index >= 15 is 0 Å². The second-order valence-electron chi connectivity index (χ2n) is 2.48. The summed E-state index contributed by atoms with van der Waals surface area (Å²) in [5.74, 6) is 0. The van der Waals surface area contributed by atoms with Crippen LogP contribution in [0.5, 0.6) is 0 Å². The van der Waals surface area contributed by atoms with Gasteiger partial charge in [0.05, 0.1) is 0 Å². The Balaban J connectivity index is 3.96. The van der Waals surface area contributed by atoms with Crippen molar-refractivity contribution in [1.29, 1.82) is 0 Å². The van der Waals surface area contributed by atoms with Crippen molar-refractivity contribution in [2.75, 3.05) is 0 Å². The van der Waals surface area contributed by atoms with E-state index in [2.05, 4.69) is 25.7 Å². The van der Waals surface area contributed by atoms with Gasteiger partial charge in [-0.3, -0.25) is 5.01 Å². The monoisotopic (exact) mass is 152 g/mol. The van der Waals surface area contributed by atoms with Crippen molar-refractivity contribution >= 4 is 6.72 Å². The first-order valence-corrected chi connectivity index (χ1v) is 3.76. The molecule has 0 aliphatic carbocycles. The summed E-state index contributed by atoms with van der Waals surface area (Å²) in [5, 5.41) is 5.63. The fourth-order valence-electron chi connectivity index (χ4n) is 0.632. The maximum absolute atomic E-state index is 3.82. The molecule has 0 aliphatic heterocycles. The normalized spacial score (nSPS) is 11.6. The Morgan fingerprint density at radius 3 is 2.36 bits per heavy atom. The lowest BCUT2D eigenvalue weighted by Crippen LogP contribution is -2.18. The summed E-state index contributed by atoms with van der Waals surface area (Å²) in [7, 11) is 0. The van der Waals surface area contributed by atoms with Crippen LogP contribution in [0.4, 0.5) is 0 Å². The predicted molar refractivity (Wildman–Crippen MR) is 50.5 cm³/mol. The third-order valence-electron chi connectivity index (χ3n) is 1.23. The molecule has 11 heavy (non-hydrogen) atoms. The number of nitrogens with zero attached hydrogens (tertiary/aromatic N) is 2. The maximum Gasteiger partial charge on any atom is 0.0462 e. The zero-order valence-electron chi connectivity index (χ0n) is 7.49. The molecule has 0 N–H and O–H groups in total. The van der Waals surface area contributed by atoms with Crippen LogP contribution < -0.4 is 0 Å². The van der Waals surface area contributed by atoms with Crippen LogP contribution in [-0.4, -0.2) is 17.8 Å². The van der Waals surface area contributed by atoms with Gasteiger partial charge in [-0.05, 0) is 26.8 Å². The molecule has 0 aromatic carbocycles. The predicted octanol–water partition coefficient (Wildman–Crippen LogP) is 2.40. The highest BCUT2D eigenvalue weighted by Crippen LogP contribution is 1.98. The minimum Gasteiger partial charge on any atom is -0.271 e. The van der Waals surface area contributed by atoms with Gasteiger partial charge in [0.2, 0.25) is 0 Å². The summed E-state index contributed by atoms with van der Waals surface area (Å²) in [6.07, 6.45) is 7.77. The number of hydrogen-bond donors (Lipinski definition) is 0. The summed E-state index contributed by atoms with van der Waals surface area (Å²) in [6.45, 7) is 9.57. The molecule has 0 atom stereocenters. The highest BCUT2D eigenvalue weighted by Gasteiger charge is 1.97. The average Bonchev–Trinajstić information content (AvgIpc) is 1.97. The van der Waals surface area contributed by atoms with Crippen molar-refractivity contribution in [3.05, 3.63) is 24.4 Å². The number of hydrogen-bond acceptors (Lipinski definition) is 2. The Bertz CT molecular complexity index is 157. The van der Waals surface area contributed by atoms with Crippen LogP contribution in [0.1, 0.15) is 20.8 Å². The third-order valence-corrected chi connectivity index (χ3v) is 1.23. The molecule has 0 saturated heterocycles. The van der Waals surface area contributed by atoms with Gasteiger partial charge in [0.25, 0.3) is 0 Å². The van der Waals surface area contributed by atoms with Gasteiger partial charge in [-0.15, -0.1) is 0 Å². The minimum atomic E-state index is 0.369. The molecule has 0 aromatic rings. The quantitative estimate of drug-likeness (QED) is 0.343. The van der Waals surface area contributed by atoms with E-state index in [1.54, 1.807) is 5.01 Å². The molecule has 0 saturated carbocycles. The van der Waals surface area contributed by atoms with Gasteiger partial charge in [0.15, 0.2) is 0 Å². The van der Waals surface area contributed by atoms with Crippen LogP contribution in [0.25, 0.3) is 0 Å². The van der Waals surface area contributed by atoms with Crippen LogP contribution in [0.2, 0.25) is 0 Å². The second-order valence-corrected chi connectivity index (χ2v) is 2.48. The van der Waals surface area contributed by atoms with Crippen LogP contribution in [-0.2, 0) is 0 Å². The van der Waals surface area contributed by atoms with Crippen LogP contribution in [0, 0.1) is 0 Å². The third kappa shape index (κ3) is 4.37. The minimum absolute atomic E-state index is 0.369. The topological polar surface area (TPSA) is 15.6 Å². The molecule has 0 heterocycles. The molecule has 0 radical (unpaired) electrons. The van der Waals surface area contributed by atoms with Gasteiger partial charge < -0.3 is 0 Å². The molecule has 0 fully saturated rings. The molecular formula is C9H16N2. The van der Waals surface area contributed by atoms with E-state index in [0.29, 0.717) is 6.04 Å². The lowest BCUT2D eigenvalue weighted by Gasteiger charge is -2.16. The van der Waals surface area contributed by atoms with Crippen molar-refractivity contribution in [2.24, 2.45) is 5.10 Å². The maximum atomic E-state index is 3.82. The smallest absolute Gasteiger partial charge is 0.0462 e. The fraction of sp³-hybridized carbons (Fsp3) is 0.444. The summed E-state index contributed by atoms with van der Waals surface area (Å²) in [4.78, 5) is 0. The highest BCUT2D eigenvalue weighted by atomic mass is 15.4. The van der Waals surface area contributed by atoms with Gasteiger partial charge >= 0.3 is 0 Å². The van der Waals surface area contributed by atoms with Crippen molar-refractivity contribution in [1.82, 2.24) is 5.01 Å². The van der Waals surface area contributed by atoms with Crippen molar-refractivity contribution < 1.29 is 0 Å². The molecular weight excluding hydrogens is 136 g/mol. The first-order valence-electron chi connectivity index (χ1n) is 3.76. The first-order chi connectivity index (χ1) is 5.22. The summed E-state index contributed by atoms with van der Waals surface area (Å²) in [6, 6.07) is 0.369. The van der Waals surface area contributed by atoms with Crippen molar-refractivity contribution in [3.8, 4) is 0 Å². The average molecular weight is 152 g/mol. The number of rotatable bonds is 4. The van der Waals surface area contributed by atoms with Crippen LogP contribution in [0.3, 0.4) is 0 Å². The second kappa shape index (κ2) is 5.71. The molecule has 0 unspecified atom stereocenters. The first kappa shape index (κ1) is 9.95. The van der Waals surface area contributed by atoms with Gasteiger partial charge in [0, 0.05) is 19.0 Å². The van der Waals surface area contributed by atoms with E-state index < -0.39 is 0 Å². The van der Waals surface area contributed by atoms with Gasteiger partial charge in [-0.25, -0.2) is 0 Å². The molecule has 0 rings (SSSR count). The Kier molecular flexibility index (Phi) is 5.17. The Labute approximate surface area is 68.9 Å². The molecule has 62 valence electrons. The molecule has 0 bridgehead atoms. The zero-order valence-corrected chi connectivity index (χ0v) is 7.49. The molecule has 0 aromatic heterocycles. The Morgan fingerprint density at radius 1 is 1.36 bits per heavy atom. The van der Waals surface area contributed by atoms with E-state index in [4.69, 9.17) is 0 Å². The van der Waals surface area contributed by atoms with E-state index in [-0.39, 0.29) is 0 Å². The lowest BCUT2D eigenvalue weighted by atomic mass is 10.4. The number of hydrazone groups is 1. The van der Waals surface area contributed by atoms with E-state index in [0.717, 1.165) is 0 Å². The van der Waals surface area contributed by atoms with Gasteiger partial charge in [-0.1, -0.05) is 12.2 Å². The van der Waals surface area contributed by atoms with Crippen LogP contribution in [0.15, 0.2) is 29.5 Å². The Hall–Kier alpha value is -1.05. The van der Waals surface area contributed by atoms with E-state index in [1.165, 1.54) is 0 Å². The van der Waals surface area contributed by atoms with Crippen molar-refractivity contribution in [2.45, 2.75) is 26.8 Å². The zero-order chi connectivity index (χ0) is 8.69. The fourth-order valence-corrected chi connectivity index (χ4v) is 0.632. The molecule has 0 amide bonds. The Morgan fingerprint density at radius 2 is 2.00 bits per heavy atom. The molecule has 2 heteroatoms. The largest absolute Gasteiger partial charge is 0.271 e. The van der Waals surface area contributed by atoms with E-state index in [1.807, 2.05) is 31.4 Å². The number of allylic oxidation sites excluding steroid dienone is 3. The summed E-state index contributed by atoms with van der Waals surface area (Å²) < 4.78 is 0. The standard InChI is InChI=1S/C9H16N2/c1-5-6-7-8-11(10-4)9(2)3/h5-9H,4H2,1-3H3/b6-5+,8-7-. The van der Waals surface area contributed by atoms with Crippen LogP contribution >= 0.6 is 0 Å².